The molecular weight excluding hydrogens is 439 g/mol. The first kappa shape index (κ1) is 23.1. The molecule has 32 heavy (non-hydrogen) atoms. The summed E-state index contributed by atoms with van der Waals surface area (Å²) in [6.45, 7) is 1.61. The summed E-state index contributed by atoms with van der Waals surface area (Å²) in [5.41, 5.74) is 7.58. The van der Waals surface area contributed by atoms with E-state index >= 15 is 0 Å². The maximum atomic E-state index is 14.2. The van der Waals surface area contributed by atoms with Crippen LogP contribution in [0.15, 0.2) is 64.9 Å². The van der Waals surface area contributed by atoms with E-state index in [1.807, 2.05) is 0 Å². The van der Waals surface area contributed by atoms with Crippen molar-refractivity contribution in [2.45, 2.75) is 24.3 Å². The number of aliphatic carboxylic acids is 1. The van der Waals surface area contributed by atoms with Crippen LogP contribution in [0.2, 0.25) is 0 Å². The summed E-state index contributed by atoms with van der Waals surface area (Å²) in [6, 6.07) is 3.42. The molecule has 12 heteroatoms. The van der Waals surface area contributed by atoms with Crippen molar-refractivity contribution >= 4 is 33.4 Å². The third-order valence-electron chi connectivity index (χ3n) is 4.47. The number of primary sulfonamides is 1. The second-order valence-electron chi connectivity index (χ2n) is 6.97. The van der Waals surface area contributed by atoms with Crippen molar-refractivity contribution in [1.82, 2.24) is 9.97 Å². The van der Waals surface area contributed by atoms with Crippen LogP contribution in [0.4, 0.5) is 21.8 Å². The maximum Gasteiger partial charge on any atom is 0.324 e. The lowest BCUT2D eigenvalue weighted by Crippen LogP contribution is -2.28. The number of nitrogens with one attached hydrogen (secondary N) is 2. The Morgan fingerprint density at radius 2 is 2.06 bits per heavy atom. The van der Waals surface area contributed by atoms with Gasteiger partial charge in [-0.05, 0) is 42.7 Å². The van der Waals surface area contributed by atoms with Crippen LogP contribution in [0.3, 0.4) is 0 Å². The van der Waals surface area contributed by atoms with Crippen LogP contribution in [-0.2, 0) is 14.8 Å². The van der Waals surface area contributed by atoms with Crippen LogP contribution < -0.4 is 21.5 Å². The average molecular weight is 460 g/mol. The van der Waals surface area contributed by atoms with E-state index < -0.39 is 27.9 Å². The van der Waals surface area contributed by atoms with Crippen molar-refractivity contribution in [1.29, 1.82) is 0 Å². The molecule has 0 radical (unpaired) electrons. The number of hydrogen-bond acceptors (Lipinski definition) is 8. The highest BCUT2D eigenvalue weighted by molar-refractivity contribution is 7.89. The van der Waals surface area contributed by atoms with Gasteiger partial charge in [0.05, 0.1) is 11.1 Å². The Morgan fingerprint density at radius 1 is 1.31 bits per heavy atom. The standard InChI is InChI=1S/C20H21FN6O4S/c1-11-2-5-14(9-17(11)32(23,30)31)26-20-24-10-15(21)18(27-20)25-13-6-3-12(4-7-13)8-16(22)19(28)29/h2-3,5-10,16H,4,22H2,1H3,(H,28,29)(H2,23,30,31)(H2,24,25,26,27). The molecule has 7 N–H and O–H groups in total. The van der Waals surface area contributed by atoms with E-state index in [1.165, 1.54) is 12.1 Å². The van der Waals surface area contributed by atoms with E-state index in [9.17, 15) is 17.6 Å². The SMILES string of the molecule is Cc1ccc(Nc2ncc(F)c(NC3=CCC(=CC(N)C(=O)O)C=C3)n2)cc1S(N)(=O)=O. The molecule has 1 unspecified atom stereocenters. The van der Waals surface area contributed by atoms with Crippen molar-refractivity contribution < 1.29 is 22.7 Å². The molecule has 2 aromatic rings. The zero-order valence-corrected chi connectivity index (χ0v) is 17.7. The summed E-state index contributed by atoms with van der Waals surface area (Å²) in [4.78, 5) is 18.8. The highest BCUT2D eigenvalue weighted by Gasteiger charge is 2.14. The van der Waals surface area contributed by atoms with Gasteiger partial charge in [0.25, 0.3) is 0 Å². The van der Waals surface area contributed by atoms with Crippen LogP contribution in [0.25, 0.3) is 0 Å². The normalized spacial score (nSPS) is 15.9. The Morgan fingerprint density at radius 3 is 2.69 bits per heavy atom. The zero-order valence-electron chi connectivity index (χ0n) is 16.9. The van der Waals surface area contributed by atoms with E-state index in [2.05, 4.69) is 20.6 Å². The summed E-state index contributed by atoms with van der Waals surface area (Å²) in [5, 5.41) is 19.7. The topological polar surface area (TPSA) is 173 Å². The fourth-order valence-corrected chi connectivity index (χ4v) is 3.65. The number of carboxylic acids is 1. The zero-order chi connectivity index (χ0) is 23.5. The molecule has 10 nitrogen and oxygen atoms in total. The second-order valence-corrected chi connectivity index (χ2v) is 8.50. The number of nitrogens with zero attached hydrogens (tertiary/aromatic N) is 2. The number of hydrogen-bond donors (Lipinski definition) is 5. The highest BCUT2D eigenvalue weighted by Crippen LogP contribution is 2.23. The second kappa shape index (κ2) is 9.26. The lowest BCUT2D eigenvalue weighted by molar-refractivity contribution is -0.137. The van der Waals surface area contributed by atoms with Crippen molar-refractivity contribution in [3.8, 4) is 0 Å². The average Bonchev–Trinajstić information content (AvgIpc) is 2.72. The molecule has 168 valence electrons. The Labute approximate surface area is 183 Å². The molecule has 0 spiro atoms. The van der Waals surface area contributed by atoms with Crippen LogP contribution >= 0.6 is 0 Å². The van der Waals surface area contributed by atoms with Gasteiger partial charge in [-0.2, -0.15) is 4.98 Å². The van der Waals surface area contributed by atoms with E-state index in [0.29, 0.717) is 28.9 Å². The van der Waals surface area contributed by atoms with E-state index in [1.54, 1.807) is 37.3 Å². The third kappa shape index (κ3) is 5.75. The summed E-state index contributed by atoms with van der Waals surface area (Å²) in [6.07, 6.45) is 7.83. The molecule has 1 atom stereocenters. The van der Waals surface area contributed by atoms with Gasteiger partial charge in [-0.3, -0.25) is 4.79 Å². The van der Waals surface area contributed by atoms with Gasteiger partial charge in [-0.1, -0.05) is 24.3 Å². The first-order chi connectivity index (χ1) is 15.0. The van der Waals surface area contributed by atoms with Crippen LogP contribution in [-0.4, -0.2) is 35.5 Å². The van der Waals surface area contributed by atoms with Gasteiger partial charge in [0, 0.05) is 11.4 Å². The van der Waals surface area contributed by atoms with Crippen molar-refractivity contribution in [2.24, 2.45) is 10.9 Å². The van der Waals surface area contributed by atoms with Crippen molar-refractivity contribution in [3.63, 3.8) is 0 Å². The number of carbonyl (C=O) groups is 1. The summed E-state index contributed by atoms with van der Waals surface area (Å²) in [5.74, 6) is -1.90. The van der Waals surface area contributed by atoms with Crippen LogP contribution in [0, 0.1) is 12.7 Å². The lowest BCUT2D eigenvalue weighted by Gasteiger charge is -2.14. The van der Waals surface area contributed by atoms with Crippen LogP contribution in [0.5, 0.6) is 0 Å². The third-order valence-corrected chi connectivity index (χ3v) is 5.52. The Hall–Kier alpha value is -3.61. The minimum absolute atomic E-state index is 0.0338. The first-order valence-corrected chi connectivity index (χ1v) is 10.8. The van der Waals surface area contributed by atoms with Gasteiger partial charge in [-0.15, -0.1) is 0 Å². The molecule has 1 aliphatic rings. The Kier molecular flexibility index (Phi) is 6.67. The summed E-state index contributed by atoms with van der Waals surface area (Å²) in [7, 11) is -3.91. The van der Waals surface area contributed by atoms with Gasteiger partial charge >= 0.3 is 5.97 Å². The number of carboxylic acid groups (broad SMARTS) is 1. The molecule has 0 aliphatic heterocycles. The molecule has 1 heterocycles. The molecule has 0 saturated heterocycles. The van der Waals surface area contributed by atoms with E-state index in [0.717, 1.165) is 6.20 Å². The molecule has 1 aliphatic carbocycles. The smallest absolute Gasteiger partial charge is 0.324 e. The van der Waals surface area contributed by atoms with Gasteiger partial charge in [-0.25, -0.2) is 22.9 Å². The number of rotatable bonds is 7. The number of nitrogens with two attached hydrogens (primary N) is 2. The minimum atomic E-state index is -3.91. The molecule has 0 saturated carbocycles. The number of sulfonamides is 1. The molecule has 0 fully saturated rings. The van der Waals surface area contributed by atoms with Gasteiger partial charge in [0.2, 0.25) is 16.0 Å². The molecule has 0 amide bonds. The molecule has 3 rings (SSSR count). The van der Waals surface area contributed by atoms with Crippen LogP contribution in [0.1, 0.15) is 12.0 Å². The van der Waals surface area contributed by atoms with E-state index in [-0.39, 0.29) is 16.7 Å². The Balaban J connectivity index is 1.76. The summed E-state index contributed by atoms with van der Waals surface area (Å²) < 4.78 is 37.6. The fourth-order valence-electron chi connectivity index (χ4n) is 2.84. The number of allylic oxidation sites excluding steroid dienone is 4. The van der Waals surface area contributed by atoms with E-state index in [4.69, 9.17) is 16.0 Å². The predicted molar refractivity (Wildman–Crippen MR) is 117 cm³/mol. The monoisotopic (exact) mass is 460 g/mol. The fraction of sp³-hybridized carbons (Fsp3) is 0.150. The molecule has 1 aromatic heterocycles. The maximum absolute atomic E-state index is 14.2. The highest BCUT2D eigenvalue weighted by atomic mass is 32.2. The predicted octanol–water partition coefficient (Wildman–Crippen LogP) is 1.91. The number of aryl methyl sites for hydroxylation is 1. The Bertz CT molecular complexity index is 1260. The summed E-state index contributed by atoms with van der Waals surface area (Å²) >= 11 is 0. The van der Waals surface area contributed by atoms with Gasteiger partial charge in [0.15, 0.2) is 11.6 Å². The number of benzene rings is 1. The van der Waals surface area contributed by atoms with Crippen molar-refractivity contribution in [2.75, 3.05) is 10.6 Å². The number of aromatic nitrogens is 2. The number of halogens is 1. The number of anilines is 3. The molecule has 1 aromatic carbocycles. The lowest BCUT2D eigenvalue weighted by atomic mass is 10.0. The van der Waals surface area contributed by atoms with Gasteiger partial charge in [0.1, 0.15) is 6.04 Å². The van der Waals surface area contributed by atoms with Crippen molar-refractivity contribution in [3.05, 3.63) is 71.4 Å². The minimum Gasteiger partial charge on any atom is -0.480 e. The largest absolute Gasteiger partial charge is 0.480 e. The molecular formula is C20H21FN6O4S. The first-order valence-electron chi connectivity index (χ1n) is 9.30. The quantitative estimate of drug-likeness (QED) is 0.413. The molecule has 0 bridgehead atoms. The van der Waals surface area contributed by atoms with Gasteiger partial charge < -0.3 is 21.5 Å².